The number of nitrogens with zero attached hydrogens (tertiary/aromatic N) is 3. The van der Waals surface area contributed by atoms with Gasteiger partial charge in [-0.2, -0.15) is 5.10 Å². The molecule has 2 N–H and O–H groups in total. The number of rotatable bonds is 4. The van der Waals surface area contributed by atoms with Crippen molar-refractivity contribution >= 4 is 11.7 Å². The number of hydrogen-bond donors (Lipinski definition) is 1. The Balaban J connectivity index is 1.84. The van der Waals surface area contributed by atoms with E-state index < -0.39 is 0 Å². The molecule has 1 aliphatic rings. The molecular weight excluding hydrogens is 204 g/mol. The zero-order valence-electron chi connectivity index (χ0n) is 9.59. The molecule has 5 nitrogen and oxygen atoms in total. The van der Waals surface area contributed by atoms with Gasteiger partial charge in [0, 0.05) is 25.7 Å². The topological polar surface area (TPSA) is 64.2 Å². The molecule has 1 aromatic rings. The van der Waals surface area contributed by atoms with Crippen LogP contribution in [0, 0.1) is 5.92 Å². The largest absolute Gasteiger partial charge is 0.382 e. The van der Waals surface area contributed by atoms with E-state index in [0.29, 0.717) is 18.2 Å². The van der Waals surface area contributed by atoms with E-state index in [1.165, 1.54) is 0 Å². The van der Waals surface area contributed by atoms with E-state index in [4.69, 9.17) is 5.73 Å². The highest BCUT2D eigenvalue weighted by Gasteiger charge is 2.27. The Kier molecular flexibility index (Phi) is 3.12. The van der Waals surface area contributed by atoms with Gasteiger partial charge >= 0.3 is 0 Å². The van der Waals surface area contributed by atoms with Crippen LogP contribution in [0.4, 0.5) is 5.82 Å². The van der Waals surface area contributed by atoms with Gasteiger partial charge in [0.15, 0.2) is 0 Å². The summed E-state index contributed by atoms with van der Waals surface area (Å²) in [6.07, 6.45) is 3.63. The third kappa shape index (κ3) is 2.35. The molecule has 16 heavy (non-hydrogen) atoms. The van der Waals surface area contributed by atoms with Crippen LogP contribution in [0.25, 0.3) is 0 Å². The standard InChI is InChI=1S/C11H18N4O/c1-2-9-7-11(16)14(8-9)5-6-15-4-3-10(12)13-15/h3-4,9H,2,5-8H2,1H3,(H2,12,13). The average Bonchev–Trinajstić information content (AvgIpc) is 2.82. The minimum atomic E-state index is 0.270. The number of likely N-dealkylation sites (tertiary alicyclic amines) is 1. The number of aromatic nitrogens is 2. The molecule has 0 aromatic carbocycles. The van der Waals surface area contributed by atoms with Crippen LogP contribution in [0.2, 0.25) is 0 Å². The molecule has 0 bridgehead atoms. The van der Waals surface area contributed by atoms with Gasteiger partial charge in [-0.3, -0.25) is 9.48 Å². The fourth-order valence-electron chi connectivity index (χ4n) is 2.07. The number of amides is 1. The smallest absolute Gasteiger partial charge is 0.222 e. The molecule has 1 saturated heterocycles. The molecule has 1 aliphatic heterocycles. The highest BCUT2D eigenvalue weighted by Crippen LogP contribution is 2.20. The molecule has 1 unspecified atom stereocenters. The second-order valence-electron chi connectivity index (χ2n) is 4.32. The lowest BCUT2D eigenvalue weighted by Crippen LogP contribution is -2.29. The fourth-order valence-corrected chi connectivity index (χ4v) is 2.07. The molecule has 5 heteroatoms. The van der Waals surface area contributed by atoms with Crippen molar-refractivity contribution < 1.29 is 4.79 Å². The third-order valence-electron chi connectivity index (χ3n) is 3.13. The lowest BCUT2D eigenvalue weighted by molar-refractivity contribution is -0.127. The van der Waals surface area contributed by atoms with Crippen LogP contribution in [0.1, 0.15) is 19.8 Å². The SMILES string of the molecule is CCC1CC(=O)N(CCn2ccc(N)n2)C1. The molecule has 2 rings (SSSR count). The highest BCUT2D eigenvalue weighted by atomic mass is 16.2. The molecule has 0 aliphatic carbocycles. The van der Waals surface area contributed by atoms with E-state index >= 15 is 0 Å². The molecule has 88 valence electrons. The quantitative estimate of drug-likeness (QED) is 0.816. The van der Waals surface area contributed by atoms with Gasteiger partial charge in [0.05, 0.1) is 6.54 Å². The van der Waals surface area contributed by atoms with E-state index in [0.717, 1.165) is 26.1 Å². The first-order chi connectivity index (χ1) is 7.69. The monoisotopic (exact) mass is 222 g/mol. The number of carbonyl (C=O) groups excluding carboxylic acids is 1. The second-order valence-corrected chi connectivity index (χ2v) is 4.32. The molecular formula is C11H18N4O. The first-order valence-corrected chi connectivity index (χ1v) is 5.75. The summed E-state index contributed by atoms with van der Waals surface area (Å²) in [5.74, 6) is 1.33. The van der Waals surface area contributed by atoms with Gasteiger partial charge in [-0.1, -0.05) is 13.3 Å². The maximum absolute atomic E-state index is 11.6. The van der Waals surface area contributed by atoms with Gasteiger partial charge in [-0.15, -0.1) is 0 Å². The molecule has 0 saturated carbocycles. The van der Waals surface area contributed by atoms with E-state index in [9.17, 15) is 4.79 Å². The molecule has 1 fully saturated rings. The van der Waals surface area contributed by atoms with E-state index in [2.05, 4.69) is 12.0 Å². The first-order valence-electron chi connectivity index (χ1n) is 5.75. The predicted octanol–water partition coefficient (Wildman–Crippen LogP) is 0.724. The Morgan fingerprint density at radius 1 is 1.56 bits per heavy atom. The Hall–Kier alpha value is -1.52. The van der Waals surface area contributed by atoms with Crippen molar-refractivity contribution in [2.75, 3.05) is 18.8 Å². The van der Waals surface area contributed by atoms with Crippen molar-refractivity contribution in [2.45, 2.75) is 26.3 Å². The van der Waals surface area contributed by atoms with Crippen LogP contribution in [0.3, 0.4) is 0 Å². The number of anilines is 1. The summed E-state index contributed by atoms with van der Waals surface area (Å²) in [5.41, 5.74) is 5.52. The Morgan fingerprint density at radius 2 is 2.38 bits per heavy atom. The summed E-state index contributed by atoms with van der Waals surface area (Å²) in [5, 5.41) is 4.09. The third-order valence-corrected chi connectivity index (χ3v) is 3.13. The summed E-state index contributed by atoms with van der Waals surface area (Å²) in [7, 11) is 0. The zero-order valence-corrected chi connectivity index (χ0v) is 9.59. The Morgan fingerprint density at radius 3 is 2.94 bits per heavy atom. The lowest BCUT2D eigenvalue weighted by Gasteiger charge is -2.16. The summed E-state index contributed by atoms with van der Waals surface area (Å²) >= 11 is 0. The minimum Gasteiger partial charge on any atom is -0.382 e. The van der Waals surface area contributed by atoms with Gasteiger partial charge in [-0.05, 0) is 12.0 Å². The van der Waals surface area contributed by atoms with Gasteiger partial charge in [0.1, 0.15) is 5.82 Å². The summed E-state index contributed by atoms with van der Waals surface area (Å²) in [4.78, 5) is 13.6. The minimum absolute atomic E-state index is 0.270. The van der Waals surface area contributed by atoms with E-state index in [1.54, 1.807) is 10.7 Å². The van der Waals surface area contributed by atoms with Crippen molar-refractivity contribution in [3.05, 3.63) is 12.3 Å². The maximum atomic E-state index is 11.6. The van der Waals surface area contributed by atoms with Gasteiger partial charge in [0.25, 0.3) is 0 Å². The summed E-state index contributed by atoms with van der Waals surface area (Å²) in [6.45, 7) is 4.48. The molecule has 0 spiro atoms. The predicted molar refractivity (Wildman–Crippen MR) is 61.6 cm³/mol. The highest BCUT2D eigenvalue weighted by molar-refractivity contribution is 5.78. The zero-order chi connectivity index (χ0) is 11.5. The van der Waals surface area contributed by atoms with Crippen LogP contribution < -0.4 is 5.73 Å². The molecule has 1 amide bonds. The van der Waals surface area contributed by atoms with Crippen molar-refractivity contribution in [2.24, 2.45) is 5.92 Å². The average molecular weight is 222 g/mol. The number of hydrogen-bond acceptors (Lipinski definition) is 3. The molecule has 1 atom stereocenters. The van der Waals surface area contributed by atoms with Crippen LogP contribution in [0.15, 0.2) is 12.3 Å². The van der Waals surface area contributed by atoms with Crippen molar-refractivity contribution in [3.8, 4) is 0 Å². The fraction of sp³-hybridized carbons (Fsp3) is 0.636. The van der Waals surface area contributed by atoms with Gasteiger partial charge in [0.2, 0.25) is 5.91 Å². The molecule has 0 radical (unpaired) electrons. The number of carbonyl (C=O) groups is 1. The van der Waals surface area contributed by atoms with E-state index in [-0.39, 0.29) is 5.91 Å². The van der Waals surface area contributed by atoms with Gasteiger partial charge in [-0.25, -0.2) is 0 Å². The number of nitrogens with two attached hydrogens (primary N) is 1. The van der Waals surface area contributed by atoms with Crippen molar-refractivity contribution in [1.82, 2.24) is 14.7 Å². The van der Waals surface area contributed by atoms with Crippen LogP contribution in [0.5, 0.6) is 0 Å². The van der Waals surface area contributed by atoms with Crippen LogP contribution in [-0.4, -0.2) is 33.7 Å². The summed E-state index contributed by atoms with van der Waals surface area (Å²) < 4.78 is 1.78. The lowest BCUT2D eigenvalue weighted by atomic mass is 10.1. The normalized spacial score (nSPS) is 20.7. The maximum Gasteiger partial charge on any atom is 0.222 e. The second kappa shape index (κ2) is 4.55. The Bertz CT molecular complexity index is 374. The van der Waals surface area contributed by atoms with Crippen molar-refractivity contribution in [1.29, 1.82) is 0 Å². The van der Waals surface area contributed by atoms with Crippen LogP contribution in [-0.2, 0) is 11.3 Å². The van der Waals surface area contributed by atoms with E-state index in [1.807, 2.05) is 11.1 Å². The van der Waals surface area contributed by atoms with Gasteiger partial charge < -0.3 is 10.6 Å². The van der Waals surface area contributed by atoms with Crippen molar-refractivity contribution in [3.63, 3.8) is 0 Å². The molecule has 1 aromatic heterocycles. The van der Waals surface area contributed by atoms with Crippen LogP contribution >= 0.6 is 0 Å². The summed E-state index contributed by atoms with van der Waals surface area (Å²) in [6, 6.07) is 1.76. The number of nitrogen functional groups attached to an aromatic ring is 1. The molecule has 2 heterocycles. The Labute approximate surface area is 95.2 Å². The first kappa shape index (κ1) is 11.0.